The molecular formula is C12H15F3O4S. The van der Waals surface area contributed by atoms with Gasteiger partial charge in [-0.15, -0.1) is 0 Å². The molecule has 0 amide bonds. The van der Waals surface area contributed by atoms with Gasteiger partial charge in [0.05, 0.1) is 5.60 Å². The molecule has 2 rings (SSSR count). The predicted octanol–water partition coefficient (Wildman–Crippen LogP) is 3.02. The molecule has 0 aromatic heterocycles. The summed E-state index contributed by atoms with van der Waals surface area (Å²) < 4.78 is 69.3. The van der Waals surface area contributed by atoms with Crippen LogP contribution >= 0.6 is 0 Å². The van der Waals surface area contributed by atoms with E-state index < -0.39 is 26.8 Å². The second-order valence-electron chi connectivity index (χ2n) is 5.46. The molecule has 0 aromatic rings. The van der Waals surface area contributed by atoms with E-state index >= 15 is 0 Å². The Kier molecular flexibility index (Phi) is 3.08. The molecule has 0 radical (unpaired) electrons. The zero-order chi connectivity index (χ0) is 15.6. The van der Waals surface area contributed by atoms with Crippen LogP contribution in [0.5, 0.6) is 0 Å². The second-order valence-corrected chi connectivity index (χ2v) is 7.00. The Morgan fingerprint density at radius 2 is 1.80 bits per heavy atom. The van der Waals surface area contributed by atoms with Gasteiger partial charge in [0.15, 0.2) is 0 Å². The van der Waals surface area contributed by atoms with Gasteiger partial charge in [-0.1, -0.05) is 0 Å². The van der Waals surface area contributed by atoms with Gasteiger partial charge < -0.3 is 8.92 Å². The Bertz CT molecular complexity index is 617. The zero-order valence-electron chi connectivity index (χ0n) is 11.5. The molecule has 2 atom stereocenters. The Labute approximate surface area is 115 Å². The maximum absolute atomic E-state index is 12.4. The summed E-state index contributed by atoms with van der Waals surface area (Å²) in [6, 6.07) is 0. The first-order valence-electron chi connectivity index (χ1n) is 5.92. The highest BCUT2D eigenvalue weighted by atomic mass is 32.2. The molecule has 114 valence electrons. The standard InChI is InChI=1S/C12H15F3O4S/c1-7-8(2)11(4)6-9(5-10(7,3)19-11)18-20(16,17)12(13,14)15/h5H,6H2,1-4H3. The minimum atomic E-state index is -5.65. The fourth-order valence-electron chi connectivity index (χ4n) is 2.63. The van der Waals surface area contributed by atoms with Crippen molar-refractivity contribution in [3.05, 3.63) is 23.0 Å². The van der Waals surface area contributed by atoms with Gasteiger partial charge in [0, 0.05) is 6.42 Å². The van der Waals surface area contributed by atoms with E-state index in [9.17, 15) is 21.6 Å². The molecule has 2 aliphatic rings. The lowest BCUT2D eigenvalue weighted by Crippen LogP contribution is -2.39. The van der Waals surface area contributed by atoms with Gasteiger partial charge in [-0.3, -0.25) is 0 Å². The maximum atomic E-state index is 12.4. The molecule has 0 saturated carbocycles. The third-order valence-corrected chi connectivity index (χ3v) is 4.99. The topological polar surface area (TPSA) is 52.6 Å². The number of hydrogen-bond acceptors (Lipinski definition) is 4. The van der Waals surface area contributed by atoms with Crippen LogP contribution in [0.1, 0.15) is 34.1 Å². The van der Waals surface area contributed by atoms with E-state index in [1.807, 2.05) is 6.92 Å². The number of halogens is 3. The van der Waals surface area contributed by atoms with Crippen LogP contribution in [0.25, 0.3) is 0 Å². The Morgan fingerprint density at radius 1 is 1.25 bits per heavy atom. The van der Waals surface area contributed by atoms with E-state index in [2.05, 4.69) is 4.18 Å². The third-order valence-electron chi connectivity index (χ3n) is 3.99. The SMILES string of the molecule is CC1=C(C)C2(C)CC(OS(=O)(=O)C(F)(F)F)=CC1(C)O2. The number of rotatable bonds is 2. The van der Waals surface area contributed by atoms with Crippen LogP contribution in [-0.2, 0) is 19.0 Å². The van der Waals surface area contributed by atoms with Crippen molar-refractivity contribution in [3.63, 3.8) is 0 Å². The van der Waals surface area contributed by atoms with E-state index in [1.165, 1.54) is 6.08 Å². The summed E-state index contributed by atoms with van der Waals surface area (Å²) in [6.45, 7) is 6.99. The van der Waals surface area contributed by atoms with Gasteiger partial charge in [0.2, 0.25) is 0 Å². The summed E-state index contributed by atoms with van der Waals surface area (Å²) in [5.74, 6) is -0.241. The van der Waals surface area contributed by atoms with Crippen LogP contribution in [0.3, 0.4) is 0 Å². The van der Waals surface area contributed by atoms with E-state index in [0.29, 0.717) is 0 Å². The van der Waals surface area contributed by atoms with Crippen LogP contribution in [-0.4, -0.2) is 25.1 Å². The maximum Gasteiger partial charge on any atom is 0.534 e. The summed E-state index contributed by atoms with van der Waals surface area (Å²) in [4.78, 5) is 0. The number of alkyl halides is 3. The minimum absolute atomic E-state index is 0.0545. The van der Waals surface area contributed by atoms with Crippen LogP contribution < -0.4 is 0 Å². The van der Waals surface area contributed by atoms with Crippen LogP contribution in [0.4, 0.5) is 13.2 Å². The zero-order valence-corrected chi connectivity index (χ0v) is 12.3. The Morgan fingerprint density at radius 3 is 2.25 bits per heavy atom. The number of fused-ring (bicyclic) bond motifs is 2. The third kappa shape index (κ3) is 2.14. The highest BCUT2D eigenvalue weighted by Crippen LogP contribution is 2.50. The summed E-state index contributed by atoms with van der Waals surface area (Å²) >= 11 is 0. The first-order chi connectivity index (χ1) is 8.81. The number of hydrogen-bond donors (Lipinski definition) is 0. The Hall–Kier alpha value is -1.02. The molecule has 0 fully saturated rings. The molecule has 2 aliphatic heterocycles. The van der Waals surface area contributed by atoms with E-state index in [-0.39, 0.29) is 12.2 Å². The van der Waals surface area contributed by atoms with Gasteiger partial charge in [-0.25, -0.2) is 0 Å². The first kappa shape index (κ1) is 15.4. The lowest BCUT2D eigenvalue weighted by atomic mass is 9.92. The fourth-order valence-corrected chi connectivity index (χ4v) is 3.11. The number of ether oxygens (including phenoxy) is 1. The van der Waals surface area contributed by atoms with Gasteiger partial charge >= 0.3 is 15.6 Å². The van der Waals surface area contributed by atoms with Crippen molar-refractivity contribution in [3.8, 4) is 0 Å². The van der Waals surface area contributed by atoms with Crippen LogP contribution in [0, 0.1) is 0 Å². The summed E-state index contributed by atoms with van der Waals surface area (Å²) in [5.41, 5.74) is -5.50. The molecule has 2 heterocycles. The van der Waals surface area contributed by atoms with Crippen molar-refractivity contribution in [1.82, 2.24) is 0 Å². The molecule has 0 aromatic carbocycles. The van der Waals surface area contributed by atoms with Gasteiger partial charge in [-0.05, 0) is 44.9 Å². The van der Waals surface area contributed by atoms with Crippen molar-refractivity contribution in [2.75, 3.05) is 0 Å². The van der Waals surface area contributed by atoms with E-state index in [1.54, 1.807) is 20.8 Å². The summed E-state index contributed by atoms with van der Waals surface area (Å²) in [7, 11) is -5.65. The molecule has 0 N–H and O–H groups in total. The molecule has 20 heavy (non-hydrogen) atoms. The fraction of sp³-hybridized carbons (Fsp3) is 0.667. The smallest absolute Gasteiger partial charge is 0.381 e. The van der Waals surface area contributed by atoms with Gasteiger partial charge in [-0.2, -0.15) is 21.6 Å². The van der Waals surface area contributed by atoms with Crippen LogP contribution in [0.2, 0.25) is 0 Å². The molecule has 0 saturated heterocycles. The van der Waals surface area contributed by atoms with Crippen LogP contribution in [0.15, 0.2) is 23.0 Å². The van der Waals surface area contributed by atoms with E-state index in [4.69, 9.17) is 4.74 Å². The molecule has 8 heteroatoms. The lowest BCUT2D eigenvalue weighted by Gasteiger charge is -2.36. The molecule has 2 bridgehead atoms. The highest BCUT2D eigenvalue weighted by molar-refractivity contribution is 7.87. The van der Waals surface area contributed by atoms with Gasteiger partial charge in [0.25, 0.3) is 0 Å². The minimum Gasteiger partial charge on any atom is -0.381 e. The first-order valence-corrected chi connectivity index (χ1v) is 7.33. The molecule has 0 aliphatic carbocycles. The van der Waals surface area contributed by atoms with Crippen molar-refractivity contribution in [2.24, 2.45) is 0 Å². The second kappa shape index (κ2) is 4.00. The molecule has 2 unspecified atom stereocenters. The average Bonchev–Trinajstić information content (AvgIpc) is 2.34. The van der Waals surface area contributed by atoms with Crippen molar-refractivity contribution in [1.29, 1.82) is 0 Å². The highest BCUT2D eigenvalue weighted by Gasteiger charge is 2.53. The van der Waals surface area contributed by atoms with Crippen molar-refractivity contribution in [2.45, 2.75) is 50.8 Å². The molecular weight excluding hydrogens is 297 g/mol. The molecule has 4 nitrogen and oxygen atoms in total. The van der Waals surface area contributed by atoms with Crippen molar-refractivity contribution >= 4 is 10.1 Å². The van der Waals surface area contributed by atoms with E-state index in [0.717, 1.165) is 11.1 Å². The summed E-state index contributed by atoms with van der Waals surface area (Å²) in [6.07, 6.45) is 1.24. The predicted molar refractivity (Wildman–Crippen MR) is 65.0 cm³/mol. The molecule has 0 spiro atoms. The van der Waals surface area contributed by atoms with Gasteiger partial charge in [0.1, 0.15) is 11.4 Å². The normalized spacial score (nSPS) is 34.2. The van der Waals surface area contributed by atoms with Crippen molar-refractivity contribution < 1.29 is 30.5 Å². The quantitative estimate of drug-likeness (QED) is 0.447. The Balaban J connectivity index is 2.37. The largest absolute Gasteiger partial charge is 0.534 e. The monoisotopic (exact) mass is 312 g/mol. The lowest BCUT2D eigenvalue weighted by molar-refractivity contribution is -0.0731. The average molecular weight is 312 g/mol. The summed E-state index contributed by atoms with van der Waals surface area (Å²) in [5, 5.41) is 0.